The van der Waals surface area contributed by atoms with Gasteiger partial charge in [0.25, 0.3) is 10.1 Å². The summed E-state index contributed by atoms with van der Waals surface area (Å²) in [6.07, 6.45) is 2.36. The molecular weight excluding hydrogens is 494 g/mol. The average Bonchev–Trinajstić information content (AvgIpc) is 3.13. The lowest BCUT2D eigenvalue weighted by Crippen LogP contribution is -2.67. The molecule has 196 valence electrons. The molecule has 0 aliphatic carbocycles. The van der Waals surface area contributed by atoms with Gasteiger partial charge in [0.2, 0.25) is 0 Å². The number of ether oxygens (including phenoxy) is 2. The Morgan fingerprint density at radius 2 is 1.86 bits per heavy atom. The molecule has 0 aromatic heterocycles. The van der Waals surface area contributed by atoms with Gasteiger partial charge in [-0.05, 0) is 43.7 Å². The Bertz CT molecular complexity index is 1310. The maximum Gasteiger partial charge on any atom is 0.338 e. The van der Waals surface area contributed by atoms with Crippen LogP contribution in [0.1, 0.15) is 33.9 Å². The molecule has 9 nitrogen and oxygen atoms in total. The molecule has 0 N–H and O–H groups in total. The lowest BCUT2D eigenvalue weighted by molar-refractivity contribution is -0.0570. The van der Waals surface area contributed by atoms with Gasteiger partial charge in [-0.1, -0.05) is 30.3 Å². The molecule has 0 amide bonds. The zero-order chi connectivity index (χ0) is 26.3. The third kappa shape index (κ3) is 4.73. The van der Waals surface area contributed by atoms with Crippen LogP contribution < -0.4 is 4.74 Å². The van der Waals surface area contributed by atoms with Gasteiger partial charge in [0.05, 0.1) is 37.6 Å². The monoisotopic (exact) mass is 525 g/mol. The second-order valence-electron chi connectivity index (χ2n) is 10.0. The van der Waals surface area contributed by atoms with Gasteiger partial charge in [0, 0.05) is 29.6 Å². The standard InChI is InChI=1S/C27H31N3O6S/c1-29-20-13-19(15-36-37(3,32)33)26(29)21-12-18-10-7-11-24(34-2)25(18)23(30(21)22(20)14-28)16-35-27(31)17-8-5-4-6-9-17/h4-11,19-23,26H,12-13,15-16H2,1-3H3/t19-,20+,21-,22-,23-,26-/m0/s1. The molecule has 5 rings (SSSR count). The summed E-state index contributed by atoms with van der Waals surface area (Å²) in [5, 5.41) is 10.4. The summed E-state index contributed by atoms with van der Waals surface area (Å²) in [4.78, 5) is 17.3. The maximum absolute atomic E-state index is 12.9. The lowest BCUT2D eigenvalue weighted by atomic mass is 9.80. The third-order valence-electron chi connectivity index (χ3n) is 7.99. The molecule has 2 aromatic carbocycles. The molecule has 3 aliphatic rings. The highest BCUT2D eigenvalue weighted by Crippen LogP contribution is 2.49. The highest BCUT2D eigenvalue weighted by atomic mass is 32.2. The number of fused-ring (bicyclic) bond motifs is 5. The number of piperazine rings is 1. The van der Waals surface area contributed by atoms with Gasteiger partial charge in [0.15, 0.2) is 0 Å². The summed E-state index contributed by atoms with van der Waals surface area (Å²) >= 11 is 0. The van der Waals surface area contributed by atoms with E-state index in [0.717, 1.165) is 17.4 Å². The number of methoxy groups -OCH3 is 1. The fourth-order valence-electron chi connectivity index (χ4n) is 6.55. The van der Waals surface area contributed by atoms with E-state index in [1.54, 1.807) is 31.4 Å². The van der Waals surface area contributed by atoms with Crippen LogP contribution in [-0.2, 0) is 25.5 Å². The van der Waals surface area contributed by atoms with E-state index in [0.29, 0.717) is 24.2 Å². The molecule has 6 atom stereocenters. The van der Waals surface area contributed by atoms with Crippen molar-refractivity contribution in [2.75, 3.05) is 33.6 Å². The summed E-state index contributed by atoms with van der Waals surface area (Å²) < 4.78 is 40.3. The van der Waals surface area contributed by atoms with Gasteiger partial charge in [-0.3, -0.25) is 14.0 Å². The van der Waals surface area contributed by atoms with Crippen molar-refractivity contribution < 1.29 is 26.9 Å². The first-order valence-corrected chi connectivity index (χ1v) is 14.2. The number of rotatable bonds is 7. The van der Waals surface area contributed by atoms with Gasteiger partial charge >= 0.3 is 5.97 Å². The summed E-state index contributed by atoms with van der Waals surface area (Å²) in [6, 6.07) is 16.1. The van der Waals surface area contributed by atoms with Crippen molar-refractivity contribution in [1.29, 1.82) is 5.26 Å². The second-order valence-corrected chi connectivity index (χ2v) is 11.7. The molecule has 0 radical (unpaired) electrons. The smallest absolute Gasteiger partial charge is 0.338 e. The number of hydrogen-bond acceptors (Lipinski definition) is 9. The number of nitriles is 1. The van der Waals surface area contributed by atoms with E-state index in [4.69, 9.17) is 13.7 Å². The number of nitrogens with zero attached hydrogens (tertiary/aromatic N) is 3. The Balaban J connectivity index is 1.53. The topological polar surface area (TPSA) is 109 Å². The van der Waals surface area contributed by atoms with E-state index in [-0.39, 0.29) is 37.3 Å². The number of carbonyl (C=O) groups excluding carboxylic acids is 1. The largest absolute Gasteiger partial charge is 0.496 e. The molecule has 37 heavy (non-hydrogen) atoms. The van der Waals surface area contributed by atoms with E-state index in [1.807, 2.05) is 31.3 Å². The summed E-state index contributed by atoms with van der Waals surface area (Å²) in [5.74, 6) is 0.205. The molecule has 2 fully saturated rings. The van der Waals surface area contributed by atoms with Crippen LogP contribution in [0.3, 0.4) is 0 Å². The van der Waals surface area contributed by atoms with Crippen LogP contribution in [0.2, 0.25) is 0 Å². The number of esters is 1. The lowest BCUT2D eigenvalue weighted by Gasteiger charge is -2.54. The summed E-state index contributed by atoms with van der Waals surface area (Å²) in [6.45, 7) is 0.134. The molecular formula is C27H31N3O6S. The van der Waals surface area contributed by atoms with Crippen molar-refractivity contribution in [3.05, 3.63) is 65.2 Å². The Labute approximate surface area is 217 Å². The highest BCUT2D eigenvalue weighted by Gasteiger charge is 2.58. The molecule has 3 heterocycles. The fraction of sp³-hybridized carbons (Fsp3) is 0.481. The van der Waals surface area contributed by atoms with Crippen molar-refractivity contribution in [3.63, 3.8) is 0 Å². The van der Waals surface area contributed by atoms with Crippen LogP contribution in [0.4, 0.5) is 0 Å². The quantitative estimate of drug-likeness (QED) is 0.398. The van der Waals surface area contributed by atoms with E-state index < -0.39 is 28.2 Å². The van der Waals surface area contributed by atoms with Crippen molar-refractivity contribution in [2.45, 2.75) is 43.1 Å². The normalized spacial score (nSPS) is 29.1. The van der Waals surface area contributed by atoms with Crippen LogP contribution in [0.15, 0.2) is 48.5 Å². The number of hydrogen-bond donors (Lipinski definition) is 0. The second kappa shape index (κ2) is 10.1. The van der Waals surface area contributed by atoms with Crippen molar-refractivity contribution in [1.82, 2.24) is 9.80 Å². The molecule has 0 unspecified atom stereocenters. The first-order chi connectivity index (χ1) is 17.7. The zero-order valence-electron chi connectivity index (χ0n) is 21.1. The Kier molecular flexibility index (Phi) is 6.98. The van der Waals surface area contributed by atoms with Gasteiger partial charge in [-0.15, -0.1) is 0 Å². The Morgan fingerprint density at radius 3 is 2.54 bits per heavy atom. The number of benzene rings is 2. The molecule has 0 spiro atoms. The molecule has 2 bridgehead atoms. The van der Waals surface area contributed by atoms with Crippen LogP contribution in [-0.4, -0.2) is 82.0 Å². The third-order valence-corrected chi connectivity index (χ3v) is 8.56. The van der Waals surface area contributed by atoms with E-state index in [2.05, 4.69) is 15.9 Å². The Hall–Kier alpha value is -2.97. The summed E-state index contributed by atoms with van der Waals surface area (Å²) in [7, 11) is 0.0265. The van der Waals surface area contributed by atoms with E-state index in [9.17, 15) is 18.5 Å². The SMILES string of the molecule is COc1cccc2c1[C@H](COC(=O)c1ccccc1)N1[C@@H](C#N)[C@H]3C[C@@H](COS(C)(=O)=O)[C@@H]([C@@H]1C2)N3C. The number of carbonyl (C=O) groups is 1. The number of likely N-dealkylation sites (N-methyl/N-ethyl adjacent to an activating group) is 1. The first kappa shape index (κ1) is 25.7. The maximum atomic E-state index is 12.9. The predicted octanol–water partition coefficient (Wildman–Crippen LogP) is 2.39. The van der Waals surface area contributed by atoms with Gasteiger partial charge in [0.1, 0.15) is 18.4 Å². The fourth-order valence-corrected chi connectivity index (χ4v) is 6.97. The zero-order valence-corrected chi connectivity index (χ0v) is 21.9. The minimum Gasteiger partial charge on any atom is -0.496 e. The molecule has 2 saturated heterocycles. The van der Waals surface area contributed by atoms with Crippen molar-refractivity contribution in [2.24, 2.45) is 5.92 Å². The Morgan fingerprint density at radius 1 is 1.11 bits per heavy atom. The van der Waals surface area contributed by atoms with Gasteiger partial charge in [-0.2, -0.15) is 13.7 Å². The molecule has 2 aromatic rings. The van der Waals surface area contributed by atoms with Crippen LogP contribution in [0, 0.1) is 17.2 Å². The average molecular weight is 526 g/mol. The van der Waals surface area contributed by atoms with Crippen LogP contribution >= 0.6 is 0 Å². The summed E-state index contributed by atoms with van der Waals surface area (Å²) in [5.41, 5.74) is 2.46. The van der Waals surface area contributed by atoms with E-state index >= 15 is 0 Å². The minimum atomic E-state index is -3.59. The highest BCUT2D eigenvalue weighted by molar-refractivity contribution is 7.85. The molecule has 0 saturated carbocycles. The van der Waals surface area contributed by atoms with Gasteiger partial charge in [-0.25, -0.2) is 4.79 Å². The van der Waals surface area contributed by atoms with Crippen molar-refractivity contribution >= 4 is 16.1 Å². The van der Waals surface area contributed by atoms with Crippen LogP contribution in [0.5, 0.6) is 5.75 Å². The predicted molar refractivity (Wildman–Crippen MR) is 135 cm³/mol. The van der Waals surface area contributed by atoms with Crippen LogP contribution in [0.25, 0.3) is 0 Å². The minimum absolute atomic E-state index is 0.0250. The molecule has 3 aliphatic heterocycles. The van der Waals surface area contributed by atoms with Gasteiger partial charge < -0.3 is 9.47 Å². The van der Waals surface area contributed by atoms with E-state index in [1.165, 1.54) is 0 Å². The first-order valence-electron chi connectivity index (χ1n) is 12.3. The van der Waals surface area contributed by atoms with Crippen molar-refractivity contribution in [3.8, 4) is 11.8 Å². The molecule has 10 heteroatoms.